The predicted octanol–water partition coefficient (Wildman–Crippen LogP) is 3.12. The van der Waals surface area contributed by atoms with Crippen molar-refractivity contribution in [3.63, 3.8) is 0 Å². The zero-order valence-electron chi connectivity index (χ0n) is 13.0. The topological polar surface area (TPSA) is 85.8 Å². The van der Waals surface area contributed by atoms with E-state index >= 15 is 0 Å². The molecule has 2 aromatic carbocycles. The summed E-state index contributed by atoms with van der Waals surface area (Å²) in [7, 11) is 0. The van der Waals surface area contributed by atoms with Crippen molar-refractivity contribution in [1.82, 2.24) is 15.0 Å². The lowest BCUT2D eigenvalue weighted by Gasteiger charge is -2.07. The second kappa shape index (κ2) is 6.72. The molecule has 6 nitrogen and oxygen atoms in total. The average Bonchev–Trinajstić information content (AvgIpc) is 2.93. The maximum atomic E-state index is 12.3. The summed E-state index contributed by atoms with van der Waals surface area (Å²) in [6, 6.07) is 14.7. The molecule has 1 heterocycles. The lowest BCUT2D eigenvalue weighted by Crippen LogP contribution is -2.15. The third-order valence-electron chi connectivity index (χ3n) is 3.67. The number of hydrogen-bond donors (Lipinski definition) is 2. The fourth-order valence-corrected chi connectivity index (χ4v) is 2.40. The fourth-order valence-electron chi connectivity index (χ4n) is 2.27. The molecule has 0 unspecified atom stereocenters. The molecule has 3 aromatic rings. The second-order valence-electron chi connectivity index (χ2n) is 5.37. The first kappa shape index (κ1) is 16.0. The second-order valence-corrected chi connectivity index (χ2v) is 5.80. The Hall–Kier alpha value is -2.86. The minimum absolute atomic E-state index is 0.0959. The average molecular weight is 342 g/mol. The van der Waals surface area contributed by atoms with Crippen LogP contribution in [-0.2, 0) is 6.54 Å². The van der Waals surface area contributed by atoms with Crippen LogP contribution in [0.5, 0.6) is 0 Å². The van der Waals surface area contributed by atoms with Crippen LogP contribution in [0.15, 0.2) is 48.5 Å². The number of hydrogen-bond acceptors (Lipinski definition) is 4. The number of nitrogens with one attached hydrogen (secondary N) is 1. The number of anilines is 2. The first-order valence-electron chi connectivity index (χ1n) is 7.35. The molecule has 0 saturated heterocycles. The number of nitrogen functional groups attached to an aromatic ring is 1. The van der Waals surface area contributed by atoms with Gasteiger partial charge in [-0.1, -0.05) is 41.1 Å². The van der Waals surface area contributed by atoms with E-state index in [4.69, 9.17) is 17.3 Å². The minimum atomic E-state index is -0.411. The van der Waals surface area contributed by atoms with Gasteiger partial charge in [0.25, 0.3) is 5.91 Å². The van der Waals surface area contributed by atoms with Crippen molar-refractivity contribution >= 4 is 29.0 Å². The highest BCUT2D eigenvalue weighted by Gasteiger charge is 2.18. The molecule has 0 saturated carbocycles. The van der Waals surface area contributed by atoms with E-state index in [0.717, 1.165) is 11.1 Å². The van der Waals surface area contributed by atoms with Gasteiger partial charge in [0, 0.05) is 10.7 Å². The molecule has 0 atom stereocenters. The first-order chi connectivity index (χ1) is 11.5. The smallest absolute Gasteiger partial charge is 0.280 e. The quantitative estimate of drug-likeness (QED) is 0.763. The molecule has 0 aliphatic rings. The van der Waals surface area contributed by atoms with E-state index < -0.39 is 5.91 Å². The number of carbonyl (C=O) groups is 1. The standard InChI is InChI=1S/C17H16ClN5O/c1-11-4-2-3-5-12(11)10-23-16(19)15(21-22-23)17(24)20-14-8-6-13(18)7-9-14/h2-9H,10,19H2,1H3,(H,20,24). The predicted molar refractivity (Wildman–Crippen MR) is 94.1 cm³/mol. The van der Waals surface area contributed by atoms with Crippen LogP contribution in [0.2, 0.25) is 5.02 Å². The number of aryl methyl sites for hydroxylation is 1. The number of halogens is 1. The monoisotopic (exact) mass is 341 g/mol. The van der Waals surface area contributed by atoms with E-state index in [2.05, 4.69) is 15.6 Å². The van der Waals surface area contributed by atoms with Crippen molar-refractivity contribution in [3.05, 3.63) is 70.4 Å². The Morgan fingerprint density at radius 2 is 1.92 bits per heavy atom. The highest BCUT2D eigenvalue weighted by atomic mass is 35.5. The van der Waals surface area contributed by atoms with Crippen molar-refractivity contribution in [2.75, 3.05) is 11.1 Å². The molecule has 0 spiro atoms. The van der Waals surface area contributed by atoms with E-state index in [-0.39, 0.29) is 11.5 Å². The van der Waals surface area contributed by atoms with E-state index in [9.17, 15) is 4.79 Å². The molecule has 1 amide bonds. The summed E-state index contributed by atoms with van der Waals surface area (Å²) in [5.41, 5.74) is 8.93. The summed E-state index contributed by atoms with van der Waals surface area (Å²) in [6.45, 7) is 2.47. The summed E-state index contributed by atoms with van der Waals surface area (Å²) in [4.78, 5) is 12.3. The maximum absolute atomic E-state index is 12.3. The Kier molecular flexibility index (Phi) is 4.48. The summed E-state index contributed by atoms with van der Waals surface area (Å²) in [6.07, 6.45) is 0. The van der Waals surface area contributed by atoms with Crippen LogP contribution >= 0.6 is 11.6 Å². The van der Waals surface area contributed by atoms with E-state index in [1.54, 1.807) is 24.3 Å². The highest BCUT2D eigenvalue weighted by molar-refractivity contribution is 6.30. The molecular formula is C17H16ClN5O. The van der Waals surface area contributed by atoms with Gasteiger partial charge in [-0.25, -0.2) is 4.68 Å². The van der Waals surface area contributed by atoms with Crippen LogP contribution in [0.3, 0.4) is 0 Å². The van der Waals surface area contributed by atoms with Crippen LogP contribution in [0.1, 0.15) is 21.6 Å². The lowest BCUT2D eigenvalue weighted by molar-refractivity contribution is 0.102. The van der Waals surface area contributed by atoms with Crippen molar-refractivity contribution in [3.8, 4) is 0 Å². The summed E-state index contributed by atoms with van der Waals surface area (Å²) >= 11 is 5.83. The maximum Gasteiger partial charge on any atom is 0.280 e. The van der Waals surface area contributed by atoms with Crippen molar-refractivity contribution in [2.45, 2.75) is 13.5 Å². The molecular weight excluding hydrogens is 326 g/mol. The van der Waals surface area contributed by atoms with Crippen LogP contribution in [0.4, 0.5) is 11.5 Å². The molecule has 24 heavy (non-hydrogen) atoms. The summed E-state index contributed by atoms with van der Waals surface area (Å²) in [5, 5.41) is 11.2. The van der Waals surface area contributed by atoms with Gasteiger partial charge in [-0.3, -0.25) is 4.79 Å². The number of nitrogens with two attached hydrogens (primary N) is 1. The van der Waals surface area contributed by atoms with Gasteiger partial charge in [0.15, 0.2) is 11.5 Å². The summed E-state index contributed by atoms with van der Waals surface area (Å²) < 4.78 is 1.51. The molecule has 0 aliphatic heterocycles. The van der Waals surface area contributed by atoms with Gasteiger partial charge in [-0.05, 0) is 42.3 Å². The zero-order valence-corrected chi connectivity index (χ0v) is 13.8. The zero-order chi connectivity index (χ0) is 17.1. The van der Waals surface area contributed by atoms with Crippen LogP contribution in [-0.4, -0.2) is 20.9 Å². The van der Waals surface area contributed by atoms with E-state index in [0.29, 0.717) is 17.3 Å². The van der Waals surface area contributed by atoms with Crippen LogP contribution < -0.4 is 11.1 Å². The molecule has 7 heteroatoms. The van der Waals surface area contributed by atoms with E-state index in [1.165, 1.54) is 4.68 Å². The number of benzene rings is 2. The number of nitrogens with zero attached hydrogens (tertiary/aromatic N) is 3. The van der Waals surface area contributed by atoms with Gasteiger partial charge in [-0.15, -0.1) is 5.10 Å². The highest BCUT2D eigenvalue weighted by Crippen LogP contribution is 2.17. The fraction of sp³-hybridized carbons (Fsp3) is 0.118. The van der Waals surface area contributed by atoms with Crippen molar-refractivity contribution < 1.29 is 4.79 Å². The van der Waals surface area contributed by atoms with Crippen molar-refractivity contribution in [1.29, 1.82) is 0 Å². The third kappa shape index (κ3) is 3.38. The molecule has 0 radical (unpaired) electrons. The first-order valence-corrected chi connectivity index (χ1v) is 7.73. The third-order valence-corrected chi connectivity index (χ3v) is 3.92. The van der Waals surface area contributed by atoms with Crippen molar-refractivity contribution in [2.24, 2.45) is 0 Å². The van der Waals surface area contributed by atoms with Crippen LogP contribution in [0.25, 0.3) is 0 Å². The number of carbonyl (C=O) groups excluding carboxylic acids is 1. The minimum Gasteiger partial charge on any atom is -0.382 e. The lowest BCUT2D eigenvalue weighted by atomic mass is 10.1. The largest absolute Gasteiger partial charge is 0.382 e. The number of amides is 1. The van der Waals surface area contributed by atoms with Gasteiger partial charge in [0.1, 0.15) is 0 Å². The molecule has 0 fully saturated rings. The van der Waals surface area contributed by atoms with Crippen LogP contribution in [0, 0.1) is 6.92 Å². The van der Waals surface area contributed by atoms with Gasteiger partial charge in [0.2, 0.25) is 0 Å². The molecule has 122 valence electrons. The number of aromatic nitrogens is 3. The molecule has 1 aromatic heterocycles. The van der Waals surface area contributed by atoms with Gasteiger partial charge in [-0.2, -0.15) is 0 Å². The van der Waals surface area contributed by atoms with Gasteiger partial charge < -0.3 is 11.1 Å². The molecule has 3 rings (SSSR count). The Morgan fingerprint density at radius 3 is 2.62 bits per heavy atom. The van der Waals surface area contributed by atoms with Gasteiger partial charge in [0.05, 0.1) is 6.54 Å². The SMILES string of the molecule is Cc1ccccc1Cn1nnc(C(=O)Nc2ccc(Cl)cc2)c1N. The molecule has 3 N–H and O–H groups in total. The number of rotatable bonds is 4. The Bertz CT molecular complexity index is 873. The molecule has 0 bridgehead atoms. The Balaban J connectivity index is 1.78. The Labute approximate surface area is 144 Å². The normalized spacial score (nSPS) is 10.6. The van der Waals surface area contributed by atoms with Gasteiger partial charge >= 0.3 is 0 Å². The summed E-state index contributed by atoms with van der Waals surface area (Å²) in [5.74, 6) is -0.185. The molecule has 0 aliphatic carbocycles. The van der Waals surface area contributed by atoms with E-state index in [1.807, 2.05) is 31.2 Å². The Morgan fingerprint density at radius 1 is 1.21 bits per heavy atom.